The maximum Gasteiger partial charge on any atom is 0.269 e. The number of primary amides is 1. The normalized spacial score (nSPS) is 11.5. The minimum absolute atomic E-state index is 0.0510. The molecule has 148 valence electrons. The summed E-state index contributed by atoms with van der Waals surface area (Å²) >= 11 is 0. The predicted molar refractivity (Wildman–Crippen MR) is 101 cm³/mol. The average molecular weight is 387 g/mol. The van der Waals surface area contributed by atoms with Crippen molar-refractivity contribution in [1.82, 2.24) is 5.32 Å². The number of nitrogens with two attached hydrogens (primary N) is 1. The quantitative estimate of drug-likeness (QED) is 0.467. The van der Waals surface area contributed by atoms with Crippen LogP contribution in [-0.2, 0) is 27.4 Å². The number of nitro groups is 1. The molecule has 0 aliphatic carbocycles. The van der Waals surface area contributed by atoms with Gasteiger partial charge in [0, 0.05) is 24.1 Å². The fourth-order valence-electron chi connectivity index (χ4n) is 2.55. The van der Waals surface area contributed by atoms with E-state index in [1.807, 2.05) is 30.3 Å². The van der Waals surface area contributed by atoms with E-state index in [4.69, 9.17) is 15.2 Å². The molecular weight excluding hydrogens is 366 g/mol. The van der Waals surface area contributed by atoms with E-state index in [1.54, 1.807) is 0 Å². The van der Waals surface area contributed by atoms with Crippen molar-refractivity contribution < 1.29 is 24.0 Å². The molecule has 0 radical (unpaired) electrons. The molecule has 1 atom stereocenters. The van der Waals surface area contributed by atoms with Gasteiger partial charge in [-0.25, -0.2) is 0 Å². The molecule has 0 aromatic heterocycles. The van der Waals surface area contributed by atoms with Crippen molar-refractivity contribution in [2.75, 3.05) is 13.7 Å². The molecule has 0 bridgehead atoms. The third-order valence-corrected chi connectivity index (χ3v) is 3.92. The topological polar surface area (TPSA) is 134 Å². The third kappa shape index (κ3) is 6.06. The summed E-state index contributed by atoms with van der Waals surface area (Å²) in [6, 6.07) is 12.2. The highest BCUT2D eigenvalue weighted by atomic mass is 16.6. The molecule has 9 heteroatoms. The van der Waals surface area contributed by atoms with Gasteiger partial charge in [0.2, 0.25) is 11.8 Å². The maximum absolute atomic E-state index is 12.1. The van der Waals surface area contributed by atoms with Gasteiger partial charge in [-0.05, 0) is 11.6 Å². The summed E-state index contributed by atoms with van der Waals surface area (Å²) in [5.74, 6) is -0.944. The van der Waals surface area contributed by atoms with E-state index in [9.17, 15) is 19.7 Å². The summed E-state index contributed by atoms with van der Waals surface area (Å²) in [5.41, 5.74) is 6.50. The van der Waals surface area contributed by atoms with Crippen molar-refractivity contribution in [2.45, 2.75) is 19.1 Å². The number of hydrogen-bond donors (Lipinski definition) is 2. The van der Waals surface area contributed by atoms with E-state index in [0.29, 0.717) is 11.3 Å². The molecule has 0 saturated carbocycles. The number of nitro benzene ring substituents is 1. The van der Waals surface area contributed by atoms with Crippen LogP contribution in [0.2, 0.25) is 0 Å². The number of amides is 2. The Hall–Kier alpha value is -3.46. The lowest BCUT2D eigenvalue weighted by Crippen LogP contribution is -2.47. The first-order chi connectivity index (χ1) is 13.4. The molecule has 0 unspecified atom stereocenters. The Morgan fingerprint density at radius 1 is 1.21 bits per heavy atom. The molecule has 0 heterocycles. The Bertz CT molecular complexity index is 841. The van der Waals surface area contributed by atoms with Crippen molar-refractivity contribution in [3.8, 4) is 5.75 Å². The van der Waals surface area contributed by atoms with Crippen LogP contribution >= 0.6 is 0 Å². The molecule has 3 N–H and O–H groups in total. The summed E-state index contributed by atoms with van der Waals surface area (Å²) in [6.45, 7) is -0.0149. The number of ether oxygens (including phenoxy) is 2. The smallest absolute Gasteiger partial charge is 0.269 e. The number of nitrogens with zero attached hydrogens (tertiary/aromatic N) is 1. The Kier molecular flexibility index (Phi) is 7.46. The number of methoxy groups -OCH3 is 1. The number of non-ortho nitro benzene ring substituents is 1. The fraction of sp³-hybridized carbons (Fsp3) is 0.263. The summed E-state index contributed by atoms with van der Waals surface area (Å²) in [6.07, 6.45) is -0.0510. The zero-order chi connectivity index (χ0) is 20.5. The molecule has 0 aliphatic rings. The maximum atomic E-state index is 12.1. The Morgan fingerprint density at radius 3 is 2.54 bits per heavy atom. The Labute approximate surface area is 161 Å². The number of hydrogen-bond acceptors (Lipinski definition) is 6. The van der Waals surface area contributed by atoms with Crippen LogP contribution in [0.4, 0.5) is 5.69 Å². The number of carbonyl (C=O) groups excluding carboxylic acids is 2. The van der Waals surface area contributed by atoms with Gasteiger partial charge in [0.05, 0.1) is 18.6 Å². The van der Waals surface area contributed by atoms with E-state index in [1.165, 1.54) is 25.3 Å². The average Bonchev–Trinajstić information content (AvgIpc) is 2.68. The molecule has 0 saturated heterocycles. The molecule has 0 spiro atoms. The molecule has 2 aromatic carbocycles. The van der Waals surface area contributed by atoms with Crippen LogP contribution in [0.25, 0.3) is 0 Å². The highest BCUT2D eigenvalue weighted by Crippen LogP contribution is 2.25. The SMILES string of the molecule is COc1ccc([N+](=O)[O-])cc1C[C@@H](NC(=O)COCc1ccccc1)C(N)=O. The molecular formula is C19H21N3O6. The van der Waals surface area contributed by atoms with Crippen LogP contribution in [0.15, 0.2) is 48.5 Å². The fourth-order valence-corrected chi connectivity index (χ4v) is 2.55. The van der Waals surface area contributed by atoms with Crippen molar-refractivity contribution in [3.63, 3.8) is 0 Å². The number of carbonyl (C=O) groups is 2. The highest BCUT2D eigenvalue weighted by Gasteiger charge is 2.22. The lowest BCUT2D eigenvalue weighted by atomic mass is 10.0. The predicted octanol–water partition coefficient (Wildman–Crippen LogP) is 1.33. The van der Waals surface area contributed by atoms with Gasteiger partial charge < -0.3 is 20.5 Å². The second-order valence-electron chi connectivity index (χ2n) is 5.96. The molecule has 2 aromatic rings. The summed E-state index contributed by atoms with van der Waals surface area (Å²) in [4.78, 5) is 34.2. The first kappa shape index (κ1) is 20.8. The molecule has 0 fully saturated rings. The number of benzene rings is 2. The zero-order valence-corrected chi connectivity index (χ0v) is 15.3. The van der Waals surface area contributed by atoms with Gasteiger partial charge in [0.25, 0.3) is 5.69 Å². The van der Waals surface area contributed by atoms with Crippen LogP contribution in [-0.4, -0.2) is 36.5 Å². The highest BCUT2D eigenvalue weighted by molar-refractivity contribution is 5.87. The van der Waals surface area contributed by atoms with Crippen molar-refractivity contribution >= 4 is 17.5 Å². The van der Waals surface area contributed by atoms with Gasteiger partial charge in [-0.2, -0.15) is 0 Å². The second-order valence-corrected chi connectivity index (χ2v) is 5.96. The van der Waals surface area contributed by atoms with Gasteiger partial charge in [-0.15, -0.1) is 0 Å². The van der Waals surface area contributed by atoms with Crippen molar-refractivity contribution in [1.29, 1.82) is 0 Å². The molecule has 2 amide bonds. The number of nitrogens with one attached hydrogen (secondary N) is 1. The van der Waals surface area contributed by atoms with Crippen LogP contribution in [0.1, 0.15) is 11.1 Å². The van der Waals surface area contributed by atoms with Crippen molar-refractivity contribution in [2.24, 2.45) is 5.73 Å². The van der Waals surface area contributed by atoms with E-state index in [-0.39, 0.29) is 25.3 Å². The van der Waals surface area contributed by atoms with E-state index < -0.39 is 22.8 Å². The molecule has 9 nitrogen and oxygen atoms in total. The largest absolute Gasteiger partial charge is 0.496 e. The lowest BCUT2D eigenvalue weighted by Gasteiger charge is -2.17. The first-order valence-electron chi connectivity index (χ1n) is 8.42. The van der Waals surface area contributed by atoms with Gasteiger partial charge >= 0.3 is 0 Å². The molecule has 2 rings (SSSR count). The zero-order valence-electron chi connectivity index (χ0n) is 15.3. The first-order valence-corrected chi connectivity index (χ1v) is 8.42. The molecule has 28 heavy (non-hydrogen) atoms. The van der Waals surface area contributed by atoms with E-state index in [2.05, 4.69) is 5.32 Å². The monoisotopic (exact) mass is 387 g/mol. The van der Waals surface area contributed by atoms with Gasteiger partial charge in [0.15, 0.2) is 0 Å². The third-order valence-electron chi connectivity index (χ3n) is 3.92. The Balaban J connectivity index is 1.99. The summed E-state index contributed by atoms with van der Waals surface area (Å²) < 4.78 is 10.5. The minimum atomic E-state index is -1.07. The molecule has 0 aliphatic heterocycles. The van der Waals surface area contributed by atoms with Gasteiger partial charge in [-0.3, -0.25) is 19.7 Å². The van der Waals surface area contributed by atoms with Crippen LogP contribution in [0.5, 0.6) is 5.75 Å². The van der Waals surface area contributed by atoms with E-state index >= 15 is 0 Å². The summed E-state index contributed by atoms with van der Waals surface area (Å²) in [5, 5.41) is 13.5. The standard InChI is InChI=1S/C19H21N3O6/c1-27-17-8-7-15(22(25)26)9-14(17)10-16(19(20)24)21-18(23)12-28-11-13-5-3-2-4-6-13/h2-9,16H,10-12H2,1H3,(H2,20,24)(H,21,23)/t16-/m1/s1. The van der Waals surface area contributed by atoms with E-state index in [0.717, 1.165) is 5.56 Å². The Morgan fingerprint density at radius 2 is 1.93 bits per heavy atom. The number of rotatable bonds is 10. The van der Waals surface area contributed by atoms with Crippen LogP contribution in [0.3, 0.4) is 0 Å². The van der Waals surface area contributed by atoms with Gasteiger partial charge in [0.1, 0.15) is 18.4 Å². The van der Waals surface area contributed by atoms with Crippen molar-refractivity contribution in [3.05, 3.63) is 69.8 Å². The summed E-state index contributed by atoms with van der Waals surface area (Å²) in [7, 11) is 1.40. The van der Waals surface area contributed by atoms with Gasteiger partial charge in [-0.1, -0.05) is 30.3 Å². The lowest BCUT2D eigenvalue weighted by molar-refractivity contribution is -0.384. The van der Waals surface area contributed by atoms with Crippen LogP contribution < -0.4 is 15.8 Å². The van der Waals surface area contributed by atoms with Crippen LogP contribution in [0, 0.1) is 10.1 Å². The second kappa shape index (κ2) is 10.0. The minimum Gasteiger partial charge on any atom is -0.496 e.